The molecule has 17 heavy (non-hydrogen) atoms. The molecule has 1 fully saturated rings. The highest BCUT2D eigenvalue weighted by Crippen LogP contribution is 2.33. The highest BCUT2D eigenvalue weighted by molar-refractivity contribution is 5.38. The molecule has 2 rings (SSSR count). The van der Waals surface area contributed by atoms with Crippen molar-refractivity contribution in [3.63, 3.8) is 0 Å². The predicted molar refractivity (Wildman–Crippen MR) is 68.0 cm³/mol. The van der Waals surface area contributed by atoms with Crippen LogP contribution in [0.25, 0.3) is 0 Å². The second-order valence-electron chi connectivity index (χ2n) is 6.28. The third-order valence-electron chi connectivity index (χ3n) is 3.16. The Kier molecular flexibility index (Phi) is 2.86. The van der Waals surface area contributed by atoms with Gasteiger partial charge in [0.2, 0.25) is 0 Å². The fourth-order valence-corrected chi connectivity index (χ4v) is 2.16. The first-order chi connectivity index (χ1) is 7.76. The second-order valence-corrected chi connectivity index (χ2v) is 6.28. The number of nitrogens with zero attached hydrogens (tertiary/aromatic N) is 2. The molecule has 0 spiro atoms. The van der Waals surface area contributed by atoms with Gasteiger partial charge in [-0.2, -0.15) is 0 Å². The first kappa shape index (κ1) is 12.3. The van der Waals surface area contributed by atoms with E-state index in [1.807, 2.05) is 13.0 Å². The van der Waals surface area contributed by atoms with Gasteiger partial charge in [-0.05, 0) is 19.8 Å². The van der Waals surface area contributed by atoms with Crippen molar-refractivity contribution in [1.29, 1.82) is 0 Å². The summed E-state index contributed by atoms with van der Waals surface area (Å²) in [5.74, 6) is 0.852. The SMILES string of the molecule is CC1(O)CC(Nc2cc(C(C)(C)C)ncn2)C1. The molecule has 94 valence electrons. The smallest absolute Gasteiger partial charge is 0.129 e. The Balaban J connectivity index is 2.03. The molecule has 0 amide bonds. The molecule has 1 saturated carbocycles. The zero-order chi connectivity index (χ0) is 12.7. The van der Waals surface area contributed by atoms with Gasteiger partial charge in [-0.25, -0.2) is 9.97 Å². The molecular weight excluding hydrogens is 214 g/mol. The van der Waals surface area contributed by atoms with Crippen molar-refractivity contribution in [2.24, 2.45) is 0 Å². The van der Waals surface area contributed by atoms with Crippen LogP contribution in [-0.4, -0.2) is 26.7 Å². The Hall–Kier alpha value is -1.16. The molecule has 1 aliphatic rings. The van der Waals surface area contributed by atoms with E-state index in [-0.39, 0.29) is 5.41 Å². The summed E-state index contributed by atoms with van der Waals surface area (Å²) in [7, 11) is 0. The number of nitrogens with one attached hydrogen (secondary N) is 1. The maximum atomic E-state index is 9.67. The highest BCUT2D eigenvalue weighted by atomic mass is 16.3. The Morgan fingerprint density at radius 3 is 2.53 bits per heavy atom. The minimum absolute atomic E-state index is 0.0322. The quantitative estimate of drug-likeness (QED) is 0.824. The lowest BCUT2D eigenvalue weighted by Crippen LogP contribution is -2.48. The maximum absolute atomic E-state index is 9.67. The fourth-order valence-electron chi connectivity index (χ4n) is 2.16. The minimum Gasteiger partial charge on any atom is -0.390 e. The summed E-state index contributed by atoms with van der Waals surface area (Å²) in [5.41, 5.74) is 0.559. The van der Waals surface area contributed by atoms with Gasteiger partial charge in [-0.1, -0.05) is 20.8 Å². The Bertz CT molecular complexity index is 401. The van der Waals surface area contributed by atoms with Crippen LogP contribution in [0.5, 0.6) is 0 Å². The molecule has 0 unspecified atom stereocenters. The highest BCUT2D eigenvalue weighted by Gasteiger charge is 2.38. The van der Waals surface area contributed by atoms with Gasteiger partial charge in [0, 0.05) is 17.5 Å². The molecular formula is C13H21N3O. The van der Waals surface area contributed by atoms with E-state index in [9.17, 15) is 5.11 Å². The van der Waals surface area contributed by atoms with Crippen LogP contribution in [0.1, 0.15) is 46.2 Å². The zero-order valence-electron chi connectivity index (χ0n) is 11.0. The van der Waals surface area contributed by atoms with E-state index >= 15 is 0 Å². The van der Waals surface area contributed by atoms with Crippen LogP contribution >= 0.6 is 0 Å². The average molecular weight is 235 g/mol. The van der Waals surface area contributed by atoms with Gasteiger partial charge in [0.1, 0.15) is 12.1 Å². The standard InChI is InChI=1S/C13H21N3O/c1-12(2,3)10-5-11(15-8-14-10)16-9-6-13(4,17)7-9/h5,8-9,17H,6-7H2,1-4H3,(H,14,15,16). The molecule has 4 heteroatoms. The van der Waals surface area contributed by atoms with Crippen molar-refractivity contribution in [3.05, 3.63) is 18.1 Å². The first-order valence-electron chi connectivity index (χ1n) is 6.08. The number of anilines is 1. The van der Waals surface area contributed by atoms with Gasteiger partial charge in [0.05, 0.1) is 11.3 Å². The van der Waals surface area contributed by atoms with E-state index in [1.165, 1.54) is 0 Å². The number of hydrogen-bond donors (Lipinski definition) is 2. The summed E-state index contributed by atoms with van der Waals surface area (Å²) in [5, 5.41) is 13.0. The maximum Gasteiger partial charge on any atom is 0.129 e. The fraction of sp³-hybridized carbons (Fsp3) is 0.692. The molecule has 0 saturated heterocycles. The van der Waals surface area contributed by atoms with E-state index in [2.05, 4.69) is 36.1 Å². The number of rotatable bonds is 2. The van der Waals surface area contributed by atoms with Crippen molar-refractivity contribution in [2.75, 3.05) is 5.32 Å². The lowest BCUT2D eigenvalue weighted by atomic mass is 9.77. The van der Waals surface area contributed by atoms with Crippen molar-refractivity contribution >= 4 is 5.82 Å². The van der Waals surface area contributed by atoms with Crippen LogP contribution < -0.4 is 5.32 Å². The summed E-state index contributed by atoms with van der Waals surface area (Å²) in [6.07, 6.45) is 3.16. The van der Waals surface area contributed by atoms with E-state index in [0.29, 0.717) is 6.04 Å². The molecule has 4 nitrogen and oxygen atoms in total. The molecule has 0 aromatic carbocycles. The second kappa shape index (κ2) is 3.95. The number of aromatic nitrogens is 2. The van der Waals surface area contributed by atoms with Crippen molar-refractivity contribution in [1.82, 2.24) is 9.97 Å². The van der Waals surface area contributed by atoms with Crippen LogP contribution in [0, 0.1) is 0 Å². The van der Waals surface area contributed by atoms with Gasteiger partial charge in [-0.15, -0.1) is 0 Å². The van der Waals surface area contributed by atoms with Gasteiger partial charge >= 0.3 is 0 Å². The Labute approximate surface area is 102 Å². The third kappa shape index (κ3) is 2.94. The normalized spacial score (nSPS) is 28.6. The van der Waals surface area contributed by atoms with E-state index in [0.717, 1.165) is 24.4 Å². The zero-order valence-corrected chi connectivity index (χ0v) is 11.0. The van der Waals surface area contributed by atoms with Gasteiger partial charge in [-0.3, -0.25) is 0 Å². The van der Waals surface area contributed by atoms with E-state index < -0.39 is 5.60 Å². The number of hydrogen-bond acceptors (Lipinski definition) is 4. The van der Waals surface area contributed by atoms with Crippen molar-refractivity contribution in [3.8, 4) is 0 Å². The average Bonchev–Trinajstić information content (AvgIpc) is 2.14. The monoisotopic (exact) mass is 235 g/mol. The summed E-state index contributed by atoms with van der Waals surface area (Å²) in [6, 6.07) is 2.32. The topological polar surface area (TPSA) is 58.0 Å². The minimum atomic E-state index is -0.502. The van der Waals surface area contributed by atoms with Crippen LogP contribution in [0.4, 0.5) is 5.82 Å². The summed E-state index contributed by atoms with van der Waals surface area (Å²) < 4.78 is 0. The predicted octanol–water partition coefficient (Wildman–Crippen LogP) is 2.10. The summed E-state index contributed by atoms with van der Waals surface area (Å²) >= 11 is 0. The lowest BCUT2D eigenvalue weighted by Gasteiger charge is -2.41. The van der Waals surface area contributed by atoms with Crippen molar-refractivity contribution in [2.45, 2.75) is 57.6 Å². The molecule has 0 aliphatic heterocycles. The molecule has 1 heterocycles. The first-order valence-corrected chi connectivity index (χ1v) is 6.08. The van der Waals surface area contributed by atoms with Crippen LogP contribution in [0.3, 0.4) is 0 Å². The molecule has 2 N–H and O–H groups in total. The van der Waals surface area contributed by atoms with Gasteiger partial charge in [0.25, 0.3) is 0 Å². The van der Waals surface area contributed by atoms with Gasteiger partial charge < -0.3 is 10.4 Å². The molecule has 0 bridgehead atoms. The molecule has 1 aromatic rings. The molecule has 1 aliphatic carbocycles. The molecule has 0 atom stereocenters. The van der Waals surface area contributed by atoms with Crippen molar-refractivity contribution < 1.29 is 5.11 Å². The Morgan fingerprint density at radius 2 is 2.00 bits per heavy atom. The summed E-state index contributed by atoms with van der Waals surface area (Å²) in [4.78, 5) is 8.51. The number of aliphatic hydroxyl groups is 1. The molecule has 1 aromatic heterocycles. The largest absolute Gasteiger partial charge is 0.390 e. The van der Waals surface area contributed by atoms with E-state index in [4.69, 9.17) is 0 Å². The third-order valence-corrected chi connectivity index (χ3v) is 3.16. The summed E-state index contributed by atoms with van der Waals surface area (Å²) in [6.45, 7) is 8.26. The molecule has 0 radical (unpaired) electrons. The van der Waals surface area contributed by atoms with Crippen LogP contribution in [-0.2, 0) is 5.41 Å². The lowest BCUT2D eigenvalue weighted by molar-refractivity contribution is -0.0235. The van der Waals surface area contributed by atoms with Gasteiger partial charge in [0.15, 0.2) is 0 Å². The van der Waals surface area contributed by atoms with E-state index in [1.54, 1.807) is 6.33 Å². The van der Waals surface area contributed by atoms with Crippen LogP contribution in [0.15, 0.2) is 12.4 Å². The Morgan fingerprint density at radius 1 is 1.35 bits per heavy atom. The van der Waals surface area contributed by atoms with Crippen LogP contribution in [0.2, 0.25) is 0 Å².